The lowest BCUT2D eigenvalue weighted by atomic mass is 9.70. The van der Waals surface area contributed by atoms with Crippen molar-refractivity contribution in [2.45, 2.75) is 271 Å². The molecule has 2 aliphatic rings. The van der Waals surface area contributed by atoms with Gasteiger partial charge in [0.15, 0.2) is 0 Å². The maximum atomic E-state index is 4.11. The molecule has 408 valence electrons. The Kier molecular flexibility index (Phi) is 22.3. The first-order valence-corrected chi connectivity index (χ1v) is 34.5. The van der Waals surface area contributed by atoms with Crippen molar-refractivity contribution in [3.05, 3.63) is 133 Å². The molecule has 0 saturated heterocycles. The van der Waals surface area contributed by atoms with Crippen molar-refractivity contribution in [3.63, 3.8) is 0 Å². The number of benzene rings is 5. The predicted octanol–water partition coefficient (Wildman–Crippen LogP) is 21.6. The zero-order chi connectivity index (χ0) is 53.6. The largest absolute Gasteiger partial charge is 0.134 e. The molecule has 0 heterocycles. The zero-order valence-electron chi connectivity index (χ0n) is 49.3. The molecule has 0 aromatic heterocycles. The molecule has 5 aromatic rings. The highest BCUT2D eigenvalue weighted by Gasteiger charge is 2.49. The van der Waals surface area contributed by atoms with Crippen LogP contribution in [0.3, 0.4) is 0 Å². The summed E-state index contributed by atoms with van der Waals surface area (Å²) in [6.45, 7) is 24.4. The molecule has 0 fully saturated rings. The third kappa shape index (κ3) is 13.8. The van der Waals surface area contributed by atoms with E-state index in [4.69, 9.17) is 0 Å². The lowest BCUT2D eigenvalue weighted by Gasteiger charge is -2.40. The molecule has 0 N–H and O–H groups in total. The minimum atomic E-state index is -2.34. The van der Waals surface area contributed by atoms with Crippen LogP contribution in [0, 0.1) is 0 Å². The number of fused-ring (bicyclic) bond motifs is 6. The van der Waals surface area contributed by atoms with Crippen LogP contribution in [-0.4, -0.2) is 8.80 Å². The van der Waals surface area contributed by atoms with E-state index in [-0.39, 0.29) is 21.7 Å². The Hall–Kier alpha value is -2.72. The topological polar surface area (TPSA) is 0 Å². The highest BCUT2D eigenvalue weighted by Crippen LogP contribution is 2.57. The fraction of sp³-hybridized carbons (Fsp3) is 0.583. The van der Waals surface area contributed by atoms with Gasteiger partial charge in [0.05, 0.1) is 0 Å². The van der Waals surface area contributed by atoms with Crippen LogP contribution in [-0.2, 0) is 21.7 Å². The Bertz CT molecular complexity index is 2410. The van der Waals surface area contributed by atoms with Crippen molar-refractivity contribution >= 4 is 56.2 Å². The Morgan fingerprint density at radius 3 is 1.04 bits per heavy atom. The van der Waals surface area contributed by atoms with Crippen LogP contribution < -0.4 is 15.6 Å². The quantitative estimate of drug-likeness (QED) is 0.0236. The molecule has 0 atom stereocenters. The third-order valence-corrected chi connectivity index (χ3v) is 22.4. The van der Waals surface area contributed by atoms with E-state index >= 15 is 0 Å². The molecule has 0 aliphatic heterocycles. The van der Waals surface area contributed by atoms with Crippen molar-refractivity contribution in [3.8, 4) is 22.3 Å². The SMILES string of the molecule is CCCCCCCCC1(CCCCCCCC)c2cc(Br)ccc2-c2cccc([SiH](c3cccc(C(C)(C)C)c3C(C)(C)C)c3cccc4c3C(CCCCCCCC)(CCCCCCCC)c3cc(Br)ccc3-4)c21. The van der Waals surface area contributed by atoms with Gasteiger partial charge in [-0.3, -0.25) is 0 Å². The molecule has 0 bridgehead atoms. The van der Waals surface area contributed by atoms with Crippen molar-refractivity contribution in [2.75, 3.05) is 0 Å². The van der Waals surface area contributed by atoms with Gasteiger partial charge >= 0.3 is 0 Å². The highest BCUT2D eigenvalue weighted by atomic mass is 79.9. The van der Waals surface area contributed by atoms with Gasteiger partial charge in [-0.15, -0.1) is 0 Å². The first-order chi connectivity index (χ1) is 36.2. The van der Waals surface area contributed by atoms with Crippen molar-refractivity contribution < 1.29 is 0 Å². The van der Waals surface area contributed by atoms with Gasteiger partial charge in [-0.05, 0) is 132 Å². The van der Waals surface area contributed by atoms with Crippen molar-refractivity contribution in [1.29, 1.82) is 0 Å². The molecule has 5 aromatic carbocycles. The lowest BCUT2D eigenvalue weighted by Crippen LogP contribution is -2.59. The van der Waals surface area contributed by atoms with Gasteiger partial charge in [-0.25, -0.2) is 0 Å². The van der Waals surface area contributed by atoms with Gasteiger partial charge in [0.2, 0.25) is 0 Å². The van der Waals surface area contributed by atoms with Crippen LogP contribution in [0.25, 0.3) is 22.3 Å². The number of rotatable bonds is 31. The first-order valence-electron chi connectivity index (χ1n) is 31.2. The molecule has 0 radical (unpaired) electrons. The molecular weight excluding hydrogens is 1050 g/mol. The summed E-state index contributed by atoms with van der Waals surface area (Å²) < 4.78 is 2.46. The molecule has 7 rings (SSSR count). The third-order valence-electron chi connectivity index (χ3n) is 18.1. The summed E-state index contributed by atoms with van der Waals surface area (Å²) in [6.07, 6.45) is 36.7. The number of hydrogen-bond donors (Lipinski definition) is 0. The minimum absolute atomic E-state index is 0.00150. The first kappa shape index (κ1) is 59.9. The van der Waals surface area contributed by atoms with Gasteiger partial charge in [0.25, 0.3) is 0 Å². The fourth-order valence-corrected chi connectivity index (χ4v) is 19.6. The monoisotopic (exact) mass is 1150 g/mol. The molecule has 3 heteroatoms. The van der Waals surface area contributed by atoms with E-state index < -0.39 is 8.80 Å². The van der Waals surface area contributed by atoms with E-state index in [1.807, 2.05) is 0 Å². The number of hydrogen-bond acceptors (Lipinski definition) is 0. The summed E-state index contributed by atoms with van der Waals surface area (Å²) >= 11 is 8.21. The second-order valence-corrected chi connectivity index (χ2v) is 30.4. The summed E-state index contributed by atoms with van der Waals surface area (Å²) in [4.78, 5) is 0. The van der Waals surface area contributed by atoms with E-state index in [1.165, 1.54) is 217 Å². The molecule has 0 unspecified atom stereocenters. The van der Waals surface area contributed by atoms with Crippen LogP contribution in [0.4, 0.5) is 0 Å². The second-order valence-electron chi connectivity index (χ2n) is 25.9. The fourth-order valence-electron chi connectivity index (χ4n) is 14.6. The minimum Gasteiger partial charge on any atom is -0.0654 e. The van der Waals surface area contributed by atoms with E-state index in [0.29, 0.717) is 0 Å². The van der Waals surface area contributed by atoms with Crippen LogP contribution in [0.1, 0.15) is 282 Å². The Morgan fingerprint density at radius 2 is 0.693 bits per heavy atom. The van der Waals surface area contributed by atoms with Crippen LogP contribution in [0.5, 0.6) is 0 Å². The smallest absolute Gasteiger partial charge is 0.0654 e. The maximum Gasteiger partial charge on any atom is 0.134 e. The summed E-state index contributed by atoms with van der Waals surface area (Å²) in [5, 5.41) is 5.06. The van der Waals surface area contributed by atoms with E-state index in [9.17, 15) is 0 Å². The van der Waals surface area contributed by atoms with E-state index in [0.717, 1.165) is 0 Å². The normalized spacial score (nSPS) is 14.4. The Morgan fingerprint density at radius 1 is 0.360 bits per heavy atom. The van der Waals surface area contributed by atoms with Gasteiger partial charge in [-0.1, -0.05) is 322 Å². The highest BCUT2D eigenvalue weighted by molar-refractivity contribution is 9.10. The molecule has 0 spiro atoms. The van der Waals surface area contributed by atoms with Crippen molar-refractivity contribution in [2.24, 2.45) is 0 Å². The summed E-state index contributed by atoms with van der Waals surface area (Å²) in [6, 6.07) is 38.1. The standard InChI is InChI=1S/C72H102Br2Si/c1-11-15-19-23-27-31-48-71(49-32-28-24-20-16-12-2)61-52-54(73)44-46-56(61)58-38-35-41-63(66(58)71)75(65-43-37-40-60(69(5,6)7)68(65)70(8,9)10)64-42-36-39-59-57-47-45-55(74)53-62(57)72(67(59)64,50-33-29-25-21-17-13-3)51-34-30-26-22-18-14-4/h35-47,52-53,75H,11-34,48-51H2,1-10H3. The molecule has 75 heavy (non-hydrogen) atoms. The number of unbranched alkanes of at least 4 members (excludes halogenated alkanes) is 20. The summed E-state index contributed by atoms with van der Waals surface area (Å²) in [5.74, 6) is 0. The molecular formula is C72H102Br2Si. The van der Waals surface area contributed by atoms with Crippen LogP contribution in [0.2, 0.25) is 0 Å². The van der Waals surface area contributed by atoms with Crippen molar-refractivity contribution in [1.82, 2.24) is 0 Å². The molecule has 0 saturated carbocycles. The van der Waals surface area contributed by atoms with Gasteiger partial charge in [-0.2, -0.15) is 0 Å². The Balaban J connectivity index is 1.56. The van der Waals surface area contributed by atoms with Crippen LogP contribution >= 0.6 is 31.9 Å². The van der Waals surface area contributed by atoms with E-state index in [1.54, 1.807) is 43.4 Å². The molecule has 0 amide bonds. The van der Waals surface area contributed by atoms with E-state index in [2.05, 4.69) is 192 Å². The Labute approximate surface area is 479 Å². The average Bonchev–Trinajstić information content (AvgIpc) is 3.87. The lowest BCUT2D eigenvalue weighted by molar-refractivity contribution is 0.398. The second kappa shape index (κ2) is 27.9. The maximum absolute atomic E-state index is 4.11. The van der Waals surface area contributed by atoms with Gasteiger partial charge in [0, 0.05) is 19.8 Å². The number of halogens is 2. The van der Waals surface area contributed by atoms with Gasteiger partial charge in [0.1, 0.15) is 8.80 Å². The van der Waals surface area contributed by atoms with Gasteiger partial charge < -0.3 is 0 Å². The summed E-state index contributed by atoms with van der Waals surface area (Å²) in [7, 11) is -2.34. The zero-order valence-corrected chi connectivity index (χ0v) is 53.6. The predicted molar refractivity (Wildman–Crippen MR) is 343 cm³/mol. The van der Waals surface area contributed by atoms with Crippen LogP contribution in [0.15, 0.2) is 99.9 Å². The molecule has 0 nitrogen and oxygen atoms in total. The molecule has 2 aliphatic carbocycles. The average molecular weight is 1160 g/mol. The summed E-state index contributed by atoms with van der Waals surface area (Å²) in [5.41, 5.74) is 15.7.